The molecule has 3 aromatic rings. The zero-order valence-electron chi connectivity index (χ0n) is 15.3. The van der Waals surface area contributed by atoms with Gasteiger partial charge in [0.15, 0.2) is 6.29 Å². The number of pyridine rings is 2. The van der Waals surface area contributed by atoms with E-state index in [2.05, 4.69) is 9.97 Å². The van der Waals surface area contributed by atoms with Crippen LogP contribution in [0.4, 0.5) is 13.2 Å². The lowest BCUT2D eigenvalue weighted by Gasteiger charge is -2.13. The second-order valence-electron chi connectivity index (χ2n) is 5.77. The molecule has 3 rings (SSSR count). The number of carbonyl (C=O) groups is 1. The van der Waals surface area contributed by atoms with Crippen molar-refractivity contribution < 1.29 is 27.4 Å². The predicted octanol–water partition coefficient (Wildman–Crippen LogP) is 1.71. The molecular weight excluding hydrogens is 409 g/mol. The van der Waals surface area contributed by atoms with Gasteiger partial charge in [-0.15, -0.1) is 0 Å². The topological polar surface area (TPSA) is 105 Å². The highest BCUT2D eigenvalue weighted by molar-refractivity contribution is 5.51. The molecule has 3 aromatic heterocycles. The first-order valence-electron chi connectivity index (χ1n) is 8.30. The molecule has 0 N–H and O–H groups in total. The molecule has 3 heterocycles. The highest BCUT2D eigenvalue weighted by Crippen LogP contribution is 2.27. The Balaban J connectivity index is 1.97. The van der Waals surface area contributed by atoms with E-state index in [4.69, 9.17) is 9.47 Å². The molecule has 9 nitrogen and oxygen atoms in total. The number of alkyl halides is 3. The third kappa shape index (κ3) is 4.37. The minimum absolute atomic E-state index is 0.0377. The van der Waals surface area contributed by atoms with E-state index < -0.39 is 23.1 Å². The lowest BCUT2D eigenvalue weighted by atomic mass is 10.3. The minimum atomic E-state index is -4.87. The van der Waals surface area contributed by atoms with E-state index in [-0.39, 0.29) is 30.1 Å². The van der Waals surface area contributed by atoms with Crippen molar-refractivity contribution in [2.75, 3.05) is 6.61 Å². The highest BCUT2D eigenvalue weighted by Gasteiger charge is 2.35. The third-order valence-electron chi connectivity index (χ3n) is 3.75. The Morgan fingerprint density at radius 2 is 1.67 bits per heavy atom. The zero-order chi connectivity index (χ0) is 21.9. The summed E-state index contributed by atoms with van der Waals surface area (Å²) in [4.78, 5) is 42.9. The van der Waals surface area contributed by atoms with Crippen molar-refractivity contribution in [3.63, 3.8) is 0 Å². The van der Waals surface area contributed by atoms with Crippen LogP contribution in [0.5, 0.6) is 17.6 Å². The highest BCUT2D eigenvalue weighted by atomic mass is 19.4. The molecule has 0 atom stereocenters. The predicted molar refractivity (Wildman–Crippen MR) is 95.9 cm³/mol. The summed E-state index contributed by atoms with van der Waals surface area (Å²) in [5.41, 5.74) is -3.79. The third-order valence-corrected chi connectivity index (χ3v) is 3.75. The number of nitrogens with zero attached hydrogens (tertiary/aromatic N) is 4. The first kappa shape index (κ1) is 20.8. The minimum Gasteiger partial charge on any atom is -0.470 e. The van der Waals surface area contributed by atoms with E-state index in [1.54, 1.807) is 6.07 Å². The molecule has 0 aromatic carbocycles. The Kier molecular flexibility index (Phi) is 5.67. The molecule has 12 heteroatoms. The van der Waals surface area contributed by atoms with Gasteiger partial charge in [-0.3, -0.25) is 14.2 Å². The zero-order valence-corrected chi connectivity index (χ0v) is 15.3. The van der Waals surface area contributed by atoms with Crippen LogP contribution in [0.3, 0.4) is 0 Å². The number of carbonyl (C=O) groups excluding carboxylic acids is 1. The van der Waals surface area contributed by atoms with Crippen molar-refractivity contribution in [1.82, 2.24) is 19.1 Å². The van der Waals surface area contributed by atoms with Gasteiger partial charge in [0.25, 0.3) is 5.56 Å². The Labute approximate surface area is 166 Å². The second-order valence-corrected chi connectivity index (χ2v) is 5.77. The van der Waals surface area contributed by atoms with Crippen molar-refractivity contribution in [1.29, 1.82) is 0 Å². The van der Waals surface area contributed by atoms with Crippen molar-refractivity contribution in [2.45, 2.75) is 6.18 Å². The molecule has 0 fully saturated rings. The molecule has 30 heavy (non-hydrogen) atoms. The van der Waals surface area contributed by atoms with Gasteiger partial charge in [0.05, 0.1) is 0 Å². The average molecular weight is 422 g/mol. The van der Waals surface area contributed by atoms with E-state index >= 15 is 0 Å². The van der Waals surface area contributed by atoms with Gasteiger partial charge in [-0.1, -0.05) is 12.1 Å². The summed E-state index contributed by atoms with van der Waals surface area (Å²) in [6.07, 6.45) is -4.32. The van der Waals surface area contributed by atoms with Crippen LogP contribution in [0.2, 0.25) is 0 Å². The molecule has 0 unspecified atom stereocenters. The second kappa shape index (κ2) is 8.19. The molecule has 0 saturated heterocycles. The Morgan fingerprint density at radius 3 is 2.33 bits per heavy atom. The van der Waals surface area contributed by atoms with Gasteiger partial charge in [-0.2, -0.15) is 23.1 Å². The van der Waals surface area contributed by atoms with Gasteiger partial charge < -0.3 is 9.47 Å². The monoisotopic (exact) mass is 422 g/mol. The summed E-state index contributed by atoms with van der Waals surface area (Å²) in [7, 11) is 0.899. The molecule has 0 aliphatic rings. The van der Waals surface area contributed by atoms with Crippen LogP contribution in [-0.4, -0.2) is 32.0 Å². The fraction of sp³-hybridized carbons (Fsp3) is 0.167. The molecule has 156 valence electrons. The van der Waals surface area contributed by atoms with E-state index in [9.17, 15) is 27.6 Å². The van der Waals surface area contributed by atoms with Crippen molar-refractivity contribution >= 4 is 6.29 Å². The van der Waals surface area contributed by atoms with Crippen LogP contribution >= 0.6 is 0 Å². The normalized spacial score (nSPS) is 11.2. The first-order valence-corrected chi connectivity index (χ1v) is 8.30. The Hall–Kier alpha value is -3.96. The first-order chi connectivity index (χ1) is 14.2. The number of aldehydes is 1. The standard InChI is InChI=1S/C18H13F3N4O5/c1-24-11(18(19,20)21)10-16(27)25(17(24)28)12-4-2-6-14(22-12)30-15-7-3-5-13(23-15)29-9-8-26/h2-8,10H,9H2,1H3. The van der Waals surface area contributed by atoms with Gasteiger partial charge in [0.2, 0.25) is 17.6 Å². The van der Waals surface area contributed by atoms with E-state index in [0.29, 0.717) is 21.5 Å². The van der Waals surface area contributed by atoms with Crippen molar-refractivity contribution in [3.8, 4) is 23.5 Å². The van der Waals surface area contributed by atoms with Gasteiger partial charge in [0, 0.05) is 31.3 Å². The average Bonchev–Trinajstić information content (AvgIpc) is 2.69. The SMILES string of the molecule is Cn1c(C(F)(F)F)cc(=O)n(-c2cccc(Oc3cccc(OCC=O)n3)n2)c1=O. The molecule has 0 aliphatic carbocycles. The maximum Gasteiger partial charge on any atom is 0.431 e. The fourth-order valence-electron chi connectivity index (χ4n) is 2.45. The maximum atomic E-state index is 13.0. The fourth-order valence-corrected chi connectivity index (χ4v) is 2.45. The van der Waals surface area contributed by atoms with Crippen LogP contribution < -0.4 is 20.7 Å². The molecule has 0 radical (unpaired) electrons. The molecule has 0 amide bonds. The summed E-state index contributed by atoms with van der Waals surface area (Å²) in [6, 6.07) is 8.86. The largest absolute Gasteiger partial charge is 0.470 e. The van der Waals surface area contributed by atoms with Crippen LogP contribution in [0.25, 0.3) is 5.82 Å². The van der Waals surface area contributed by atoms with E-state index in [1.807, 2.05) is 0 Å². The van der Waals surface area contributed by atoms with E-state index in [0.717, 1.165) is 7.05 Å². The van der Waals surface area contributed by atoms with Gasteiger partial charge in [-0.25, -0.2) is 9.36 Å². The smallest absolute Gasteiger partial charge is 0.431 e. The molecule has 0 aliphatic heterocycles. The maximum absolute atomic E-state index is 13.0. The lowest BCUT2D eigenvalue weighted by molar-refractivity contribution is -0.144. The summed E-state index contributed by atoms with van der Waals surface area (Å²) >= 11 is 0. The number of aromatic nitrogens is 4. The van der Waals surface area contributed by atoms with Crippen LogP contribution in [0, 0.1) is 0 Å². The van der Waals surface area contributed by atoms with Gasteiger partial charge in [-0.05, 0) is 6.07 Å². The Morgan fingerprint density at radius 1 is 1.03 bits per heavy atom. The summed E-state index contributed by atoms with van der Waals surface area (Å²) in [5.74, 6) is -0.166. The molecular formula is C18H13F3N4O5. The summed E-state index contributed by atoms with van der Waals surface area (Å²) < 4.78 is 50.2. The number of hydrogen-bond acceptors (Lipinski definition) is 7. The van der Waals surface area contributed by atoms with Crippen molar-refractivity contribution in [2.24, 2.45) is 7.05 Å². The quantitative estimate of drug-likeness (QED) is 0.557. The molecule has 0 saturated carbocycles. The van der Waals surface area contributed by atoms with Crippen LogP contribution in [0.15, 0.2) is 52.1 Å². The number of hydrogen-bond donors (Lipinski definition) is 0. The number of rotatable bonds is 6. The number of ether oxygens (including phenoxy) is 2. The summed E-state index contributed by atoms with van der Waals surface area (Å²) in [5, 5.41) is 0. The van der Waals surface area contributed by atoms with E-state index in [1.165, 1.54) is 30.3 Å². The molecule has 0 spiro atoms. The van der Waals surface area contributed by atoms with Crippen LogP contribution in [0.1, 0.15) is 5.69 Å². The summed E-state index contributed by atoms with van der Waals surface area (Å²) in [6.45, 7) is -0.204. The Bertz CT molecular complexity index is 1200. The van der Waals surface area contributed by atoms with Gasteiger partial charge >= 0.3 is 11.9 Å². The van der Waals surface area contributed by atoms with Gasteiger partial charge in [0.1, 0.15) is 18.1 Å². The van der Waals surface area contributed by atoms with Crippen LogP contribution in [-0.2, 0) is 18.0 Å². The molecule has 0 bridgehead atoms. The lowest BCUT2D eigenvalue weighted by Crippen LogP contribution is -2.41. The number of halogens is 3. The van der Waals surface area contributed by atoms with Crippen molar-refractivity contribution in [3.05, 3.63) is 69.0 Å².